The van der Waals surface area contributed by atoms with Gasteiger partial charge in [-0.15, -0.1) is 0 Å². The van der Waals surface area contributed by atoms with Gasteiger partial charge in [0, 0.05) is 0 Å². The summed E-state index contributed by atoms with van der Waals surface area (Å²) < 4.78 is 11.5. The van der Waals surface area contributed by atoms with Crippen molar-refractivity contribution in [3.63, 3.8) is 0 Å². The van der Waals surface area contributed by atoms with Crippen molar-refractivity contribution in [3.05, 3.63) is 92.8 Å². The number of aromatic carboxylic acids is 2. The molecule has 0 saturated carbocycles. The largest absolute Gasteiger partial charge is 0.493 e. The maximum absolute atomic E-state index is 13.1. The van der Waals surface area contributed by atoms with Crippen LogP contribution >= 0.6 is 35.6 Å². The van der Waals surface area contributed by atoms with Gasteiger partial charge in [0.05, 0.1) is 33.9 Å². The molecule has 3 aromatic rings. The number of hydrogen-bond donors (Lipinski definition) is 2. The van der Waals surface area contributed by atoms with Crippen molar-refractivity contribution >= 4 is 69.5 Å². The van der Waals surface area contributed by atoms with Gasteiger partial charge < -0.3 is 19.7 Å². The van der Waals surface area contributed by atoms with Crippen molar-refractivity contribution in [2.45, 2.75) is 6.61 Å². The summed E-state index contributed by atoms with van der Waals surface area (Å²) in [6.07, 6.45) is 1.61. The summed E-state index contributed by atoms with van der Waals surface area (Å²) in [5, 5.41) is 18.7. The van der Waals surface area contributed by atoms with Crippen LogP contribution in [0.15, 0.2) is 65.6 Å². The number of halogens is 1. The highest BCUT2D eigenvalue weighted by Crippen LogP contribution is 2.40. The molecule has 0 atom stereocenters. The molecule has 1 aliphatic rings. The molecule has 2 N–H and O–H groups in total. The molecule has 0 radical (unpaired) electrons. The monoisotopic (exact) mass is 555 g/mol. The van der Waals surface area contributed by atoms with Crippen molar-refractivity contribution in [2.24, 2.45) is 0 Å². The zero-order chi connectivity index (χ0) is 26.7. The Hall–Kier alpha value is -3.86. The van der Waals surface area contributed by atoms with Gasteiger partial charge in [-0.05, 0) is 59.7 Å². The van der Waals surface area contributed by atoms with Crippen molar-refractivity contribution in [3.8, 4) is 11.5 Å². The van der Waals surface area contributed by atoms with Gasteiger partial charge in [-0.25, -0.2) is 9.59 Å². The van der Waals surface area contributed by atoms with E-state index in [1.807, 2.05) is 0 Å². The summed E-state index contributed by atoms with van der Waals surface area (Å²) in [4.78, 5) is 37.2. The Morgan fingerprint density at radius 1 is 1.05 bits per heavy atom. The normalized spacial score (nSPS) is 14.2. The average molecular weight is 556 g/mol. The highest BCUT2D eigenvalue weighted by atomic mass is 35.5. The Morgan fingerprint density at radius 3 is 2.41 bits per heavy atom. The molecule has 4 rings (SSSR count). The second-order valence-electron chi connectivity index (χ2n) is 7.70. The highest BCUT2D eigenvalue weighted by Gasteiger charge is 2.33. The van der Waals surface area contributed by atoms with Crippen molar-refractivity contribution in [2.75, 3.05) is 12.0 Å². The topological polar surface area (TPSA) is 113 Å². The second kappa shape index (κ2) is 11.0. The lowest BCUT2D eigenvalue weighted by Gasteiger charge is -2.15. The number of nitrogens with zero attached hydrogens (tertiary/aromatic N) is 1. The van der Waals surface area contributed by atoms with Crippen LogP contribution in [0.25, 0.3) is 6.08 Å². The smallest absolute Gasteiger partial charge is 0.335 e. The van der Waals surface area contributed by atoms with Crippen LogP contribution in [0.4, 0.5) is 5.69 Å². The number of carboxylic acids is 2. The van der Waals surface area contributed by atoms with Crippen LogP contribution < -0.4 is 14.4 Å². The lowest BCUT2D eigenvalue weighted by atomic mass is 10.1. The number of carboxylic acid groups (broad SMARTS) is 2. The molecule has 1 heterocycles. The molecule has 11 heteroatoms. The van der Waals surface area contributed by atoms with Crippen LogP contribution in [-0.2, 0) is 11.4 Å². The van der Waals surface area contributed by atoms with Gasteiger partial charge in [0.25, 0.3) is 5.91 Å². The van der Waals surface area contributed by atoms with E-state index in [1.165, 1.54) is 36.3 Å². The number of anilines is 1. The number of thiocarbonyl (C=S) groups is 1. The Balaban J connectivity index is 1.58. The SMILES string of the molecule is COc1cc(C=C2SC(=S)N(c3cccc(C(=O)O)c3)C2=O)cc(Cl)c1OCc1cccc(C(=O)O)c1. The summed E-state index contributed by atoms with van der Waals surface area (Å²) in [7, 11) is 1.45. The van der Waals surface area contributed by atoms with Gasteiger partial charge in [-0.1, -0.05) is 53.8 Å². The second-order valence-corrected chi connectivity index (χ2v) is 9.78. The Morgan fingerprint density at radius 2 is 1.73 bits per heavy atom. The first-order valence-electron chi connectivity index (χ1n) is 10.6. The minimum atomic E-state index is -1.11. The zero-order valence-corrected chi connectivity index (χ0v) is 21.5. The van der Waals surface area contributed by atoms with E-state index in [4.69, 9.17) is 33.3 Å². The number of methoxy groups -OCH3 is 1. The van der Waals surface area contributed by atoms with Crippen molar-refractivity contribution in [1.29, 1.82) is 0 Å². The molecule has 1 aliphatic heterocycles. The fourth-order valence-electron chi connectivity index (χ4n) is 3.53. The summed E-state index contributed by atoms with van der Waals surface area (Å²) in [6.45, 7) is 0.0601. The first-order chi connectivity index (χ1) is 17.7. The minimum absolute atomic E-state index is 0.0392. The highest BCUT2D eigenvalue weighted by molar-refractivity contribution is 8.27. The summed E-state index contributed by atoms with van der Waals surface area (Å²) in [5.74, 6) is -1.97. The molecular weight excluding hydrogens is 538 g/mol. The van der Waals surface area contributed by atoms with Crippen LogP contribution in [0, 0.1) is 0 Å². The predicted molar refractivity (Wildman–Crippen MR) is 145 cm³/mol. The zero-order valence-electron chi connectivity index (χ0n) is 19.1. The molecule has 37 heavy (non-hydrogen) atoms. The van der Waals surface area contributed by atoms with Gasteiger partial charge in [0.1, 0.15) is 6.61 Å². The van der Waals surface area contributed by atoms with Gasteiger partial charge in [-0.2, -0.15) is 0 Å². The molecule has 1 saturated heterocycles. The van der Waals surface area contributed by atoms with Crippen LogP contribution in [0.1, 0.15) is 31.8 Å². The third-order valence-electron chi connectivity index (χ3n) is 5.25. The standard InChI is InChI=1S/C26H18ClNO7S2/c1-34-20-10-15(9-19(27)22(20)35-13-14-4-2-5-16(8-14)24(30)31)11-21-23(29)28(26(36)37-21)18-7-3-6-17(12-18)25(32)33/h2-12H,13H2,1H3,(H,30,31)(H,32,33). The van der Waals surface area contributed by atoms with Crippen LogP contribution in [0.3, 0.4) is 0 Å². The fraction of sp³-hybridized carbons (Fsp3) is 0.0769. The van der Waals surface area contributed by atoms with E-state index in [2.05, 4.69) is 0 Å². The number of hydrogen-bond acceptors (Lipinski definition) is 7. The first kappa shape index (κ1) is 26.2. The van der Waals surface area contributed by atoms with Crippen molar-refractivity contribution < 1.29 is 34.1 Å². The van der Waals surface area contributed by atoms with Crippen LogP contribution in [0.2, 0.25) is 5.02 Å². The number of carbonyl (C=O) groups excluding carboxylic acids is 1. The Labute approximate surface area is 226 Å². The van der Waals surface area contributed by atoms with Crippen molar-refractivity contribution in [1.82, 2.24) is 0 Å². The molecular formula is C26H18ClNO7S2. The van der Waals surface area contributed by atoms with E-state index in [1.54, 1.807) is 42.5 Å². The number of rotatable bonds is 8. The van der Waals surface area contributed by atoms with Gasteiger partial charge >= 0.3 is 11.9 Å². The molecule has 8 nitrogen and oxygen atoms in total. The fourth-order valence-corrected chi connectivity index (χ4v) is 5.11. The maximum Gasteiger partial charge on any atom is 0.335 e. The number of thioether (sulfide) groups is 1. The van der Waals surface area contributed by atoms with E-state index in [0.717, 1.165) is 11.8 Å². The summed E-state index contributed by atoms with van der Waals surface area (Å²) in [5.41, 5.74) is 1.73. The molecule has 0 bridgehead atoms. The number of carbonyl (C=O) groups is 3. The van der Waals surface area contributed by atoms with Crippen LogP contribution in [0.5, 0.6) is 11.5 Å². The molecule has 1 fully saturated rings. The quantitative estimate of drug-likeness (QED) is 0.266. The Bertz CT molecular complexity index is 1470. The Kier molecular flexibility index (Phi) is 7.82. The predicted octanol–water partition coefficient (Wildman–Crippen LogP) is 5.73. The molecule has 0 spiro atoms. The number of ether oxygens (including phenoxy) is 2. The molecule has 1 amide bonds. The van der Waals surface area contributed by atoms with Gasteiger partial charge in [0.2, 0.25) is 0 Å². The van der Waals surface area contributed by atoms with E-state index in [-0.39, 0.29) is 32.8 Å². The minimum Gasteiger partial charge on any atom is -0.493 e. The van der Waals surface area contributed by atoms with E-state index in [0.29, 0.717) is 27.5 Å². The van der Waals surface area contributed by atoms with Crippen LogP contribution in [-0.4, -0.2) is 39.5 Å². The lowest BCUT2D eigenvalue weighted by Crippen LogP contribution is -2.27. The molecule has 3 aromatic carbocycles. The maximum atomic E-state index is 13.1. The van der Waals surface area contributed by atoms with E-state index < -0.39 is 17.8 Å². The molecule has 0 aromatic heterocycles. The van der Waals surface area contributed by atoms with E-state index in [9.17, 15) is 24.6 Å². The molecule has 0 aliphatic carbocycles. The first-order valence-corrected chi connectivity index (χ1v) is 12.2. The third kappa shape index (κ3) is 5.77. The van der Waals surface area contributed by atoms with Gasteiger partial charge in [-0.3, -0.25) is 9.69 Å². The summed E-state index contributed by atoms with van der Waals surface area (Å²) in [6, 6.07) is 15.6. The van der Waals surface area contributed by atoms with E-state index >= 15 is 0 Å². The third-order valence-corrected chi connectivity index (χ3v) is 6.83. The van der Waals surface area contributed by atoms with Gasteiger partial charge in [0.15, 0.2) is 15.8 Å². The number of amides is 1. The average Bonchev–Trinajstić information content (AvgIpc) is 3.15. The molecule has 188 valence electrons. The number of benzene rings is 3. The lowest BCUT2D eigenvalue weighted by molar-refractivity contribution is -0.113. The molecule has 0 unspecified atom stereocenters. The summed E-state index contributed by atoms with van der Waals surface area (Å²) >= 11 is 12.9.